The Morgan fingerprint density at radius 1 is 0.339 bits per heavy atom. The average Bonchev–Trinajstić information content (AvgIpc) is 3.27. The molecule has 0 bridgehead atoms. The third-order valence-electron chi connectivity index (χ3n) is 11.3. The Bertz CT molecular complexity index is 1130. The maximum absolute atomic E-state index is 12.8. The van der Waals surface area contributed by atoms with Crippen LogP contribution in [0.4, 0.5) is 0 Å². The van der Waals surface area contributed by atoms with E-state index in [1.807, 2.05) is 0 Å². The molecule has 0 saturated carbocycles. The predicted octanol–water partition coefficient (Wildman–Crippen LogP) is 17.3. The van der Waals surface area contributed by atoms with Crippen LogP contribution in [-0.2, 0) is 28.6 Å². The molecule has 6 nitrogen and oxygen atoms in total. The molecular weight excluding hydrogens is 769 g/mol. The summed E-state index contributed by atoms with van der Waals surface area (Å²) in [6.45, 7) is 6.49. The van der Waals surface area contributed by atoms with Gasteiger partial charge in [0.15, 0.2) is 6.10 Å². The molecule has 358 valence electrons. The second kappa shape index (κ2) is 50.8. The molecule has 0 saturated heterocycles. The zero-order valence-corrected chi connectivity index (χ0v) is 40.9. The fourth-order valence-corrected chi connectivity index (χ4v) is 7.31. The van der Waals surface area contributed by atoms with Gasteiger partial charge in [0.2, 0.25) is 0 Å². The molecule has 62 heavy (non-hydrogen) atoms. The van der Waals surface area contributed by atoms with Crippen LogP contribution in [0, 0.1) is 0 Å². The van der Waals surface area contributed by atoms with Crippen molar-refractivity contribution in [1.29, 1.82) is 0 Å². The molecular formula is C56H98O6. The van der Waals surface area contributed by atoms with E-state index in [9.17, 15) is 14.4 Å². The molecule has 0 fully saturated rings. The molecule has 0 amide bonds. The molecule has 0 spiro atoms. The second-order valence-electron chi connectivity index (χ2n) is 17.4. The van der Waals surface area contributed by atoms with Crippen LogP contribution in [0.1, 0.15) is 258 Å². The second-order valence-corrected chi connectivity index (χ2v) is 17.4. The highest BCUT2D eigenvalue weighted by Gasteiger charge is 2.19. The summed E-state index contributed by atoms with van der Waals surface area (Å²) in [5.41, 5.74) is 0. The Labute approximate surface area is 383 Å². The molecule has 1 atom stereocenters. The van der Waals surface area contributed by atoms with Gasteiger partial charge in [-0.15, -0.1) is 0 Å². The van der Waals surface area contributed by atoms with Gasteiger partial charge in [-0.3, -0.25) is 14.4 Å². The minimum absolute atomic E-state index is 0.0903. The fraction of sp³-hybridized carbons (Fsp3) is 0.768. The van der Waals surface area contributed by atoms with Gasteiger partial charge in [-0.25, -0.2) is 0 Å². The van der Waals surface area contributed by atoms with Crippen molar-refractivity contribution in [2.24, 2.45) is 0 Å². The van der Waals surface area contributed by atoms with Gasteiger partial charge < -0.3 is 14.2 Å². The minimum atomic E-state index is -0.794. The summed E-state index contributed by atoms with van der Waals surface area (Å²) < 4.78 is 16.8. The van der Waals surface area contributed by atoms with Crippen molar-refractivity contribution in [3.63, 3.8) is 0 Å². The van der Waals surface area contributed by atoms with E-state index in [-0.39, 0.29) is 37.5 Å². The summed E-state index contributed by atoms with van der Waals surface area (Å²) in [6, 6.07) is 0. The molecule has 0 N–H and O–H groups in total. The highest BCUT2D eigenvalue weighted by atomic mass is 16.6. The molecule has 0 aromatic heterocycles. The van der Waals surface area contributed by atoms with Gasteiger partial charge in [0, 0.05) is 19.3 Å². The van der Waals surface area contributed by atoms with Gasteiger partial charge in [0.25, 0.3) is 0 Å². The van der Waals surface area contributed by atoms with Gasteiger partial charge in [0.1, 0.15) is 13.2 Å². The van der Waals surface area contributed by atoms with Crippen molar-refractivity contribution in [2.45, 2.75) is 264 Å². The quantitative estimate of drug-likeness (QED) is 0.0262. The number of rotatable bonds is 47. The molecule has 0 heterocycles. The third-order valence-corrected chi connectivity index (χ3v) is 11.3. The van der Waals surface area contributed by atoms with Gasteiger partial charge in [-0.05, 0) is 83.5 Å². The average molecular weight is 867 g/mol. The van der Waals surface area contributed by atoms with Crippen LogP contribution < -0.4 is 0 Å². The number of allylic oxidation sites excluding steroid dienone is 10. The van der Waals surface area contributed by atoms with Crippen LogP contribution in [0.3, 0.4) is 0 Å². The van der Waals surface area contributed by atoms with Crippen LogP contribution >= 0.6 is 0 Å². The number of carbonyl (C=O) groups excluding carboxylic acids is 3. The van der Waals surface area contributed by atoms with Gasteiger partial charge in [-0.1, -0.05) is 216 Å². The summed E-state index contributed by atoms with van der Waals surface area (Å²) in [5.74, 6) is -0.931. The third kappa shape index (κ3) is 48.1. The van der Waals surface area contributed by atoms with Crippen molar-refractivity contribution in [1.82, 2.24) is 0 Å². The van der Waals surface area contributed by atoms with E-state index in [1.165, 1.54) is 135 Å². The van der Waals surface area contributed by atoms with E-state index < -0.39 is 6.10 Å². The van der Waals surface area contributed by atoms with Crippen molar-refractivity contribution >= 4 is 17.9 Å². The number of ether oxygens (including phenoxy) is 3. The molecule has 0 radical (unpaired) electrons. The van der Waals surface area contributed by atoms with Crippen LogP contribution in [0.15, 0.2) is 60.8 Å². The molecule has 0 rings (SSSR count). The minimum Gasteiger partial charge on any atom is -0.462 e. The first-order valence-corrected chi connectivity index (χ1v) is 26.3. The maximum atomic E-state index is 12.8. The predicted molar refractivity (Wildman–Crippen MR) is 265 cm³/mol. The van der Waals surface area contributed by atoms with E-state index in [4.69, 9.17) is 14.2 Å². The normalized spacial score (nSPS) is 12.5. The molecule has 0 aliphatic carbocycles. The standard InChI is InChI=1S/C56H98O6/c1-4-7-10-13-16-19-22-25-27-28-30-31-34-37-40-43-46-49-55(58)61-52-53(51-60-54(57)48-45-42-39-36-33-24-21-18-15-12-9-6-3)62-56(59)50-47-44-41-38-35-32-29-26-23-20-17-14-11-8-5-2/h8,11,17,20,25-27,29,35,38,53H,4-7,9-10,12-16,18-19,21-24,28,30-34,36-37,39-52H2,1-3H3/b11-8-,20-17-,27-25-,29-26-,38-35-. The van der Waals surface area contributed by atoms with Crippen LogP contribution in [0.25, 0.3) is 0 Å². The number of esters is 3. The smallest absolute Gasteiger partial charge is 0.306 e. The van der Waals surface area contributed by atoms with Crippen molar-refractivity contribution in [3.8, 4) is 0 Å². The zero-order valence-electron chi connectivity index (χ0n) is 40.9. The monoisotopic (exact) mass is 867 g/mol. The van der Waals surface area contributed by atoms with Crippen LogP contribution in [0.2, 0.25) is 0 Å². The number of hydrogen-bond donors (Lipinski definition) is 0. The molecule has 0 aliphatic heterocycles. The van der Waals surface area contributed by atoms with Gasteiger partial charge >= 0.3 is 17.9 Å². The number of unbranched alkanes of at least 4 members (excludes halogenated alkanes) is 26. The largest absolute Gasteiger partial charge is 0.462 e. The Kier molecular flexibility index (Phi) is 48.4. The van der Waals surface area contributed by atoms with E-state index in [2.05, 4.69) is 81.5 Å². The molecule has 0 aromatic carbocycles. The summed E-state index contributed by atoms with van der Waals surface area (Å²) in [7, 11) is 0. The Morgan fingerprint density at radius 3 is 1.03 bits per heavy atom. The summed E-state index contributed by atoms with van der Waals surface area (Å²) in [5, 5.41) is 0. The number of hydrogen-bond acceptors (Lipinski definition) is 6. The highest BCUT2D eigenvalue weighted by Crippen LogP contribution is 2.15. The molecule has 0 aromatic rings. The number of carbonyl (C=O) groups is 3. The zero-order chi connectivity index (χ0) is 45.1. The van der Waals surface area contributed by atoms with Gasteiger partial charge in [0.05, 0.1) is 0 Å². The van der Waals surface area contributed by atoms with Crippen molar-refractivity contribution in [3.05, 3.63) is 60.8 Å². The fourth-order valence-electron chi connectivity index (χ4n) is 7.31. The topological polar surface area (TPSA) is 78.9 Å². The summed E-state index contributed by atoms with van der Waals surface area (Å²) >= 11 is 0. The molecule has 1 unspecified atom stereocenters. The van der Waals surface area contributed by atoms with E-state index in [0.29, 0.717) is 19.3 Å². The maximum Gasteiger partial charge on any atom is 0.306 e. The van der Waals surface area contributed by atoms with Crippen molar-refractivity contribution < 1.29 is 28.6 Å². The van der Waals surface area contributed by atoms with Crippen LogP contribution in [0.5, 0.6) is 0 Å². The summed E-state index contributed by atoms with van der Waals surface area (Å²) in [4.78, 5) is 38.0. The first kappa shape index (κ1) is 59.1. The molecule has 0 aliphatic rings. The lowest BCUT2D eigenvalue weighted by molar-refractivity contribution is -0.167. The first-order chi connectivity index (χ1) is 30.5. The lowest BCUT2D eigenvalue weighted by Gasteiger charge is -2.18. The van der Waals surface area contributed by atoms with Gasteiger partial charge in [-0.2, -0.15) is 0 Å². The van der Waals surface area contributed by atoms with E-state index >= 15 is 0 Å². The lowest BCUT2D eigenvalue weighted by Crippen LogP contribution is -2.30. The highest BCUT2D eigenvalue weighted by molar-refractivity contribution is 5.71. The Balaban J connectivity index is 4.42. The Morgan fingerprint density at radius 2 is 0.629 bits per heavy atom. The lowest BCUT2D eigenvalue weighted by atomic mass is 10.0. The molecule has 6 heteroatoms. The van der Waals surface area contributed by atoms with E-state index in [1.54, 1.807) is 0 Å². The Hall–Kier alpha value is -2.89. The SMILES string of the molecule is CC/C=C\C/C=C\C/C=C\C/C=C\CCCCC(=O)OC(COC(=O)CCCCCCCCC/C=C\CCCCCCCC)COC(=O)CCCCCCCCCCCCCC. The summed E-state index contributed by atoms with van der Waals surface area (Å²) in [6.07, 6.45) is 62.0. The van der Waals surface area contributed by atoms with Crippen molar-refractivity contribution in [2.75, 3.05) is 13.2 Å². The van der Waals surface area contributed by atoms with Crippen LogP contribution in [-0.4, -0.2) is 37.2 Å². The first-order valence-electron chi connectivity index (χ1n) is 26.3. The van der Waals surface area contributed by atoms with E-state index in [0.717, 1.165) is 77.0 Å².